The Morgan fingerprint density at radius 1 is 1.50 bits per heavy atom. The first-order valence-corrected chi connectivity index (χ1v) is 3.28. The number of fused-ring (bicyclic) bond motifs is 1. The van der Waals surface area contributed by atoms with Crippen LogP contribution in [0, 0.1) is 5.41 Å². The molecule has 0 fully saturated rings. The fourth-order valence-corrected chi connectivity index (χ4v) is 0.868. The van der Waals surface area contributed by atoms with E-state index < -0.39 is 0 Å². The standard InChI is InChI=1S/C6H6N6/c7-6(8)5-3-12-4(1-9-5)2-10-11-12/h1-3H,(H3,7,8). The largest absolute Gasteiger partial charge is 0.382 e. The molecule has 0 bridgehead atoms. The van der Waals surface area contributed by atoms with E-state index in [9.17, 15) is 0 Å². The maximum atomic E-state index is 7.12. The van der Waals surface area contributed by atoms with Crippen LogP contribution in [0.25, 0.3) is 5.52 Å². The number of nitrogens with one attached hydrogen (secondary N) is 1. The van der Waals surface area contributed by atoms with Gasteiger partial charge in [0, 0.05) is 0 Å². The summed E-state index contributed by atoms with van der Waals surface area (Å²) in [6.07, 6.45) is 4.71. The van der Waals surface area contributed by atoms with Crippen LogP contribution >= 0.6 is 0 Å². The highest BCUT2D eigenvalue weighted by Crippen LogP contribution is 1.98. The third-order valence-corrected chi connectivity index (χ3v) is 1.46. The first kappa shape index (κ1) is 6.71. The van der Waals surface area contributed by atoms with Crippen LogP contribution in [0.4, 0.5) is 0 Å². The first-order valence-electron chi connectivity index (χ1n) is 3.28. The number of amidine groups is 1. The summed E-state index contributed by atoms with van der Waals surface area (Å²) >= 11 is 0. The Hall–Kier alpha value is -1.98. The molecule has 0 aromatic carbocycles. The van der Waals surface area contributed by atoms with Crippen molar-refractivity contribution in [3.63, 3.8) is 0 Å². The summed E-state index contributed by atoms with van der Waals surface area (Å²) in [5.74, 6) is -0.0765. The van der Waals surface area contributed by atoms with Crippen molar-refractivity contribution in [2.75, 3.05) is 0 Å². The summed E-state index contributed by atoms with van der Waals surface area (Å²) < 4.78 is 1.52. The maximum absolute atomic E-state index is 7.12. The molecule has 0 radical (unpaired) electrons. The van der Waals surface area contributed by atoms with Crippen LogP contribution in [0.5, 0.6) is 0 Å². The predicted octanol–water partition coefficient (Wildman–Crippen LogP) is -0.592. The Morgan fingerprint density at radius 2 is 2.33 bits per heavy atom. The molecule has 6 nitrogen and oxygen atoms in total. The van der Waals surface area contributed by atoms with Crippen molar-refractivity contribution in [2.45, 2.75) is 0 Å². The van der Waals surface area contributed by atoms with Gasteiger partial charge in [-0.1, -0.05) is 5.21 Å². The fraction of sp³-hybridized carbons (Fsp3) is 0. The number of nitrogens with zero attached hydrogens (tertiary/aromatic N) is 4. The van der Waals surface area contributed by atoms with Crippen LogP contribution in [0.15, 0.2) is 18.6 Å². The molecular weight excluding hydrogens is 156 g/mol. The third kappa shape index (κ3) is 0.895. The zero-order chi connectivity index (χ0) is 8.55. The van der Waals surface area contributed by atoms with Crippen LogP contribution < -0.4 is 5.73 Å². The topological polar surface area (TPSA) is 93.0 Å². The van der Waals surface area contributed by atoms with E-state index in [-0.39, 0.29) is 5.84 Å². The molecule has 2 aromatic rings. The molecule has 0 aliphatic heterocycles. The molecule has 3 N–H and O–H groups in total. The van der Waals surface area contributed by atoms with Gasteiger partial charge in [0.05, 0.1) is 18.6 Å². The van der Waals surface area contributed by atoms with Gasteiger partial charge in [0.15, 0.2) is 0 Å². The number of aromatic nitrogens is 4. The van der Waals surface area contributed by atoms with Gasteiger partial charge in [0.25, 0.3) is 0 Å². The first-order chi connectivity index (χ1) is 5.77. The molecule has 12 heavy (non-hydrogen) atoms. The van der Waals surface area contributed by atoms with Crippen molar-refractivity contribution in [1.29, 1.82) is 5.41 Å². The summed E-state index contributed by atoms with van der Waals surface area (Å²) in [6, 6.07) is 0. The molecule has 0 unspecified atom stereocenters. The van der Waals surface area contributed by atoms with Crippen LogP contribution in [-0.2, 0) is 0 Å². The van der Waals surface area contributed by atoms with Gasteiger partial charge >= 0.3 is 0 Å². The van der Waals surface area contributed by atoms with Crippen molar-refractivity contribution in [1.82, 2.24) is 19.8 Å². The van der Waals surface area contributed by atoms with Gasteiger partial charge < -0.3 is 5.73 Å². The SMILES string of the molecule is N=C(N)c1cn2nncc2cn1. The predicted molar refractivity (Wildman–Crippen MR) is 41.8 cm³/mol. The Bertz CT molecular complexity index is 430. The lowest BCUT2D eigenvalue weighted by molar-refractivity contribution is 0.846. The zero-order valence-electron chi connectivity index (χ0n) is 6.10. The van der Waals surface area contributed by atoms with E-state index in [0.29, 0.717) is 5.69 Å². The van der Waals surface area contributed by atoms with E-state index in [2.05, 4.69) is 15.3 Å². The highest BCUT2D eigenvalue weighted by molar-refractivity contribution is 5.92. The summed E-state index contributed by atoms with van der Waals surface area (Å²) in [5.41, 5.74) is 6.41. The smallest absolute Gasteiger partial charge is 0.143 e. The normalized spacial score (nSPS) is 10.3. The van der Waals surface area contributed by atoms with Gasteiger partial charge in [-0.3, -0.25) is 5.41 Å². The van der Waals surface area contributed by atoms with Crippen LogP contribution in [-0.4, -0.2) is 25.6 Å². The lowest BCUT2D eigenvalue weighted by Gasteiger charge is -1.95. The van der Waals surface area contributed by atoms with E-state index >= 15 is 0 Å². The van der Waals surface area contributed by atoms with Gasteiger partial charge in [0.2, 0.25) is 0 Å². The summed E-state index contributed by atoms with van der Waals surface area (Å²) in [6.45, 7) is 0. The lowest BCUT2D eigenvalue weighted by atomic mass is 10.4. The minimum absolute atomic E-state index is 0.0765. The number of hydrogen-bond donors (Lipinski definition) is 2. The highest BCUT2D eigenvalue weighted by atomic mass is 15.4. The number of nitrogens with two attached hydrogens (primary N) is 1. The van der Waals surface area contributed by atoms with E-state index in [0.717, 1.165) is 5.52 Å². The van der Waals surface area contributed by atoms with Crippen molar-refractivity contribution < 1.29 is 0 Å². The van der Waals surface area contributed by atoms with E-state index in [1.165, 1.54) is 4.52 Å². The lowest BCUT2D eigenvalue weighted by Crippen LogP contribution is -2.14. The molecule has 0 amide bonds. The fourth-order valence-electron chi connectivity index (χ4n) is 0.868. The molecule has 0 spiro atoms. The third-order valence-electron chi connectivity index (χ3n) is 1.46. The molecule has 0 atom stereocenters. The summed E-state index contributed by atoms with van der Waals surface area (Å²) in [4.78, 5) is 3.93. The Kier molecular flexibility index (Phi) is 1.26. The number of nitrogen functional groups attached to an aromatic ring is 1. The van der Waals surface area contributed by atoms with Gasteiger partial charge in [-0.15, -0.1) is 5.10 Å². The second-order valence-electron chi connectivity index (χ2n) is 2.29. The minimum atomic E-state index is -0.0765. The second kappa shape index (κ2) is 2.26. The van der Waals surface area contributed by atoms with Crippen LogP contribution in [0.2, 0.25) is 0 Å². The highest BCUT2D eigenvalue weighted by Gasteiger charge is 2.00. The van der Waals surface area contributed by atoms with Crippen molar-refractivity contribution in [2.24, 2.45) is 5.73 Å². The average Bonchev–Trinajstić information content (AvgIpc) is 2.49. The van der Waals surface area contributed by atoms with Gasteiger partial charge in [0.1, 0.15) is 17.0 Å². The Morgan fingerprint density at radius 3 is 3.08 bits per heavy atom. The van der Waals surface area contributed by atoms with Gasteiger partial charge in [-0.2, -0.15) is 0 Å². The number of hydrogen-bond acceptors (Lipinski definition) is 4. The second-order valence-corrected chi connectivity index (χ2v) is 2.29. The van der Waals surface area contributed by atoms with Crippen molar-refractivity contribution >= 4 is 11.4 Å². The molecule has 0 saturated carbocycles. The van der Waals surface area contributed by atoms with Gasteiger partial charge in [-0.05, 0) is 0 Å². The average molecular weight is 162 g/mol. The molecule has 6 heteroatoms. The molecule has 2 aromatic heterocycles. The van der Waals surface area contributed by atoms with Gasteiger partial charge in [-0.25, -0.2) is 9.50 Å². The van der Waals surface area contributed by atoms with E-state index in [4.69, 9.17) is 11.1 Å². The molecular formula is C6H6N6. The van der Waals surface area contributed by atoms with Crippen LogP contribution in [0.3, 0.4) is 0 Å². The van der Waals surface area contributed by atoms with E-state index in [1.807, 2.05) is 0 Å². The summed E-state index contributed by atoms with van der Waals surface area (Å²) in [5, 5.41) is 14.5. The maximum Gasteiger partial charge on any atom is 0.143 e. The van der Waals surface area contributed by atoms with E-state index in [1.54, 1.807) is 18.6 Å². The van der Waals surface area contributed by atoms with Crippen molar-refractivity contribution in [3.8, 4) is 0 Å². The molecule has 0 aliphatic rings. The quantitative estimate of drug-likeness (QED) is 0.433. The molecule has 2 rings (SSSR count). The zero-order valence-corrected chi connectivity index (χ0v) is 6.10. The Labute approximate surface area is 67.5 Å². The van der Waals surface area contributed by atoms with Crippen molar-refractivity contribution in [3.05, 3.63) is 24.3 Å². The number of rotatable bonds is 1. The van der Waals surface area contributed by atoms with Crippen LogP contribution in [0.1, 0.15) is 5.69 Å². The molecule has 2 heterocycles. The minimum Gasteiger partial charge on any atom is -0.382 e. The molecule has 60 valence electrons. The Balaban J connectivity index is 2.68. The molecule has 0 saturated heterocycles. The molecule has 0 aliphatic carbocycles. The monoisotopic (exact) mass is 162 g/mol. The summed E-state index contributed by atoms with van der Waals surface area (Å²) in [7, 11) is 0.